The van der Waals surface area contributed by atoms with Gasteiger partial charge in [0, 0.05) is 19.1 Å². The normalized spacial score (nSPS) is 20.6. The van der Waals surface area contributed by atoms with Crippen molar-refractivity contribution in [2.75, 3.05) is 33.2 Å². The highest BCUT2D eigenvalue weighted by Gasteiger charge is 2.24. The SMILES string of the molecule is CCN1CCCC1CN(C)CC(O)c1ccc(C#N)cc1. The largest absolute Gasteiger partial charge is 0.387 e. The predicted molar refractivity (Wildman–Crippen MR) is 83.9 cm³/mol. The van der Waals surface area contributed by atoms with Gasteiger partial charge in [-0.2, -0.15) is 5.26 Å². The number of aliphatic hydroxyl groups is 1. The van der Waals surface area contributed by atoms with Gasteiger partial charge in [0.2, 0.25) is 0 Å². The van der Waals surface area contributed by atoms with E-state index in [9.17, 15) is 5.11 Å². The van der Waals surface area contributed by atoms with Gasteiger partial charge >= 0.3 is 0 Å². The van der Waals surface area contributed by atoms with Crippen LogP contribution in [0, 0.1) is 11.3 Å². The zero-order chi connectivity index (χ0) is 15.2. The highest BCUT2D eigenvalue weighted by Crippen LogP contribution is 2.19. The Morgan fingerprint density at radius 2 is 2.14 bits per heavy atom. The molecule has 114 valence electrons. The second-order valence-corrected chi connectivity index (χ2v) is 5.90. The minimum atomic E-state index is -0.501. The van der Waals surface area contributed by atoms with Gasteiger partial charge in [-0.25, -0.2) is 0 Å². The number of nitrogens with zero attached hydrogens (tertiary/aromatic N) is 3. The zero-order valence-electron chi connectivity index (χ0n) is 13.0. The van der Waals surface area contributed by atoms with Crippen molar-refractivity contribution >= 4 is 0 Å². The van der Waals surface area contributed by atoms with Crippen LogP contribution < -0.4 is 0 Å². The second-order valence-electron chi connectivity index (χ2n) is 5.90. The molecule has 21 heavy (non-hydrogen) atoms. The highest BCUT2D eigenvalue weighted by atomic mass is 16.3. The molecule has 1 aromatic rings. The van der Waals surface area contributed by atoms with Crippen LogP contribution in [-0.4, -0.2) is 54.2 Å². The fraction of sp³-hybridized carbons (Fsp3) is 0.588. The fourth-order valence-corrected chi connectivity index (χ4v) is 3.13. The highest BCUT2D eigenvalue weighted by molar-refractivity contribution is 5.32. The molecule has 0 aromatic heterocycles. The molecule has 1 fully saturated rings. The smallest absolute Gasteiger partial charge is 0.0991 e. The Hall–Kier alpha value is -1.41. The van der Waals surface area contributed by atoms with E-state index in [1.54, 1.807) is 12.1 Å². The Kier molecular flexibility index (Phi) is 5.75. The Morgan fingerprint density at radius 3 is 2.76 bits per heavy atom. The van der Waals surface area contributed by atoms with E-state index < -0.39 is 6.10 Å². The zero-order valence-corrected chi connectivity index (χ0v) is 13.0. The van der Waals surface area contributed by atoms with E-state index in [2.05, 4.69) is 29.8 Å². The Morgan fingerprint density at radius 1 is 1.43 bits per heavy atom. The summed E-state index contributed by atoms with van der Waals surface area (Å²) < 4.78 is 0. The van der Waals surface area contributed by atoms with E-state index in [-0.39, 0.29) is 0 Å². The van der Waals surface area contributed by atoms with Crippen LogP contribution in [0.25, 0.3) is 0 Å². The third-order valence-electron chi connectivity index (χ3n) is 4.34. The molecule has 0 bridgehead atoms. The molecule has 4 nitrogen and oxygen atoms in total. The van der Waals surface area contributed by atoms with Crippen molar-refractivity contribution in [1.82, 2.24) is 9.80 Å². The molecule has 2 atom stereocenters. The van der Waals surface area contributed by atoms with Crippen molar-refractivity contribution in [2.24, 2.45) is 0 Å². The van der Waals surface area contributed by atoms with Crippen molar-refractivity contribution < 1.29 is 5.11 Å². The van der Waals surface area contributed by atoms with Crippen LogP contribution in [0.4, 0.5) is 0 Å². The lowest BCUT2D eigenvalue weighted by Crippen LogP contribution is -2.40. The molecule has 0 amide bonds. The minimum absolute atomic E-state index is 0.501. The van der Waals surface area contributed by atoms with Gasteiger partial charge in [-0.1, -0.05) is 19.1 Å². The van der Waals surface area contributed by atoms with Crippen molar-refractivity contribution in [3.8, 4) is 6.07 Å². The molecule has 0 aliphatic carbocycles. The molecule has 1 heterocycles. The first-order chi connectivity index (χ1) is 10.1. The molecule has 4 heteroatoms. The number of rotatable bonds is 6. The van der Waals surface area contributed by atoms with Crippen LogP contribution in [0.15, 0.2) is 24.3 Å². The Bertz CT molecular complexity index is 480. The van der Waals surface area contributed by atoms with Crippen LogP contribution in [-0.2, 0) is 0 Å². The summed E-state index contributed by atoms with van der Waals surface area (Å²) in [7, 11) is 2.07. The lowest BCUT2D eigenvalue weighted by Gasteiger charge is -2.29. The summed E-state index contributed by atoms with van der Waals surface area (Å²) in [5.74, 6) is 0. The molecule has 1 aliphatic heterocycles. The molecule has 0 spiro atoms. The minimum Gasteiger partial charge on any atom is -0.387 e. The number of aliphatic hydroxyl groups excluding tert-OH is 1. The van der Waals surface area contributed by atoms with Crippen molar-refractivity contribution in [3.05, 3.63) is 35.4 Å². The summed E-state index contributed by atoms with van der Waals surface area (Å²) in [5.41, 5.74) is 1.50. The molecule has 0 saturated carbocycles. The van der Waals surface area contributed by atoms with Crippen molar-refractivity contribution in [1.29, 1.82) is 5.26 Å². The summed E-state index contributed by atoms with van der Waals surface area (Å²) in [6.07, 6.45) is 2.04. The quantitative estimate of drug-likeness (QED) is 0.869. The van der Waals surface area contributed by atoms with E-state index in [1.165, 1.54) is 19.4 Å². The van der Waals surface area contributed by atoms with Crippen LogP contribution in [0.3, 0.4) is 0 Å². The maximum atomic E-state index is 10.3. The van der Waals surface area contributed by atoms with Gasteiger partial charge in [0.25, 0.3) is 0 Å². The predicted octanol–water partition coefficient (Wildman–Crippen LogP) is 2.01. The third-order valence-corrected chi connectivity index (χ3v) is 4.34. The molecule has 1 saturated heterocycles. The van der Waals surface area contributed by atoms with Crippen LogP contribution in [0.2, 0.25) is 0 Å². The lowest BCUT2D eigenvalue weighted by molar-refractivity contribution is 0.109. The van der Waals surface area contributed by atoms with Gasteiger partial charge < -0.3 is 10.0 Å². The number of likely N-dealkylation sites (tertiary alicyclic amines) is 1. The van der Waals surface area contributed by atoms with Gasteiger partial charge in [-0.3, -0.25) is 4.90 Å². The molecule has 0 radical (unpaired) electrons. The van der Waals surface area contributed by atoms with Gasteiger partial charge in [-0.05, 0) is 50.7 Å². The maximum Gasteiger partial charge on any atom is 0.0991 e. The second kappa shape index (κ2) is 7.56. The maximum absolute atomic E-state index is 10.3. The van der Waals surface area contributed by atoms with Crippen LogP contribution in [0.1, 0.15) is 37.0 Å². The van der Waals surface area contributed by atoms with E-state index in [4.69, 9.17) is 5.26 Å². The first kappa shape index (κ1) is 16.0. The van der Waals surface area contributed by atoms with E-state index in [0.29, 0.717) is 18.2 Å². The third kappa shape index (κ3) is 4.28. The topological polar surface area (TPSA) is 50.5 Å². The molecule has 2 unspecified atom stereocenters. The van der Waals surface area contributed by atoms with Gasteiger partial charge in [0.05, 0.1) is 17.7 Å². The summed E-state index contributed by atoms with van der Waals surface area (Å²) >= 11 is 0. The number of benzene rings is 1. The number of likely N-dealkylation sites (N-methyl/N-ethyl adjacent to an activating group) is 2. The summed E-state index contributed by atoms with van der Waals surface area (Å²) in [6.45, 7) is 6.15. The van der Waals surface area contributed by atoms with Gasteiger partial charge in [0.1, 0.15) is 0 Å². The van der Waals surface area contributed by atoms with E-state index in [1.807, 2.05) is 12.1 Å². The van der Waals surface area contributed by atoms with Gasteiger partial charge in [-0.15, -0.1) is 0 Å². The van der Waals surface area contributed by atoms with Crippen LogP contribution in [0.5, 0.6) is 0 Å². The van der Waals surface area contributed by atoms with Crippen molar-refractivity contribution in [2.45, 2.75) is 31.9 Å². The van der Waals surface area contributed by atoms with Crippen molar-refractivity contribution in [3.63, 3.8) is 0 Å². The monoisotopic (exact) mass is 287 g/mol. The first-order valence-electron chi connectivity index (χ1n) is 7.74. The molecule has 1 aliphatic rings. The average Bonchev–Trinajstić information content (AvgIpc) is 2.94. The summed E-state index contributed by atoms with van der Waals surface area (Å²) in [5, 5.41) is 19.1. The number of nitriles is 1. The first-order valence-corrected chi connectivity index (χ1v) is 7.74. The van der Waals surface area contributed by atoms with Crippen LogP contribution >= 0.6 is 0 Å². The molecule has 1 N–H and O–H groups in total. The Balaban J connectivity index is 1.86. The molecule has 1 aromatic carbocycles. The fourth-order valence-electron chi connectivity index (χ4n) is 3.13. The van der Waals surface area contributed by atoms with Gasteiger partial charge in [0.15, 0.2) is 0 Å². The number of hydrogen-bond acceptors (Lipinski definition) is 4. The summed E-state index contributed by atoms with van der Waals surface area (Å²) in [6, 6.07) is 9.91. The Labute approximate surface area is 127 Å². The summed E-state index contributed by atoms with van der Waals surface area (Å²) in [4.78, 5) is 4.73. The lowest BCUT2D eigenvalue weighted by atomic mass is 10.1. The molecular weight excluding hydrogens is 262 g/mol. The average molecular weight is 287 g/mol. The van der Waals surface area contributed by atoms with E-state index >= 15 is 0 Å². The number of hydrogen-bond donors (Lipinski definition) is 1. The molecular formula is C17H25N3O. The van der Waals surface area contributed by atoms with E-state index in [0.717, 1.165) is 18.7 Å². The standard InChI is InChI=1S/C17H25N3O/c1-3-20-10-4-5-16(20)12-19(2)13-17(21)15-8-6-14(11-18)7-9-15/h6-9,16-17,21H,3-5,10,12-13H2,1-2H3. The molecule has 2 rings (SSSR count).